The number of rotatable bonds is 12. The second-order valence-corrected chi connectivity index (χ2v) is 13.8. The van der Waals surface area contributed by atoms with Crippen molar-refractivity contribution >= 4 is 35.1 Å². The van der Waals surface area contributed by atoms with Gasteiger partial charge in [0.2, 0.25) is 0 Å². The van der Waals surface area contributed by atoms with Crippen molar-refractivity contribution in [2.24, 2.45) is 7.05 Å². The maximum atomic E-state index is 13.2. The highest BCUT2D eigenvalue weighted by atomic mass is 16.5. The van der Waals surface area contributed by atoms with Crippen LogP contribution < -0.4 is 21.5 Å². The van der Waals surface area contributed by atoms with E-state index in [0.29, 0.717) is 74.1 Å². The molecule has 0 spiro atoms. The Hall–Kier alpha value is -5.53. The first kappa shape index (κ1) is 37.7. The first-order valence-electron chi connectivity index (χ1n) is 17.3. The fraction of sp³-hybridized carbons (Fsp3) is 0.359. The second kappa shape index (κ2) is 16.7. The van der Waals surface area contributed by atoms with Gasteiger partial charge in [0.25, 0.3) is 17.4 Å². The predicted molar refractivity (Wildman–Crippen MR) is 202 cm³/mol. The van der Waals surface area contributed by atoms with E-state index in [1.54, 1.807) is 37.5 Å². The molecule has 1 fully saturated rings. The highest BCUT2D eigenvalue weighted by Crippen LogP contribution is 2.29. The Bertz CT molecular complexity index is 1940. The van der Waals surface area contributed by atoms with Gasteiger partial charge in [0, 0.05) is 80.6 Å². The number of carboxylic acid groups (broad SMARTS) is 1. The summed E-state index contributed by atoms with van der Waals surface area (Å²) in [6.07, 6.45) is 0.598. The van der Waals surface area contributed by atoms with Crippen molar-refractivity contribution in [3.63, 3.8) is 0 Å². The zero-order valence-electron chi connectivity index (χ0n) is 30.4. The summed E-state index contributed by atoms with van der Waals surface area (Å²) in [5.74, 6) is -0.153. The number of carbonyl (C=O) groups is 3. The minimum Gasteiger partial charge on any atom is -0.465 e. The fourth-order valence-electron chi connectivity index (χ4n) is 5.90. The number of carbonyl (C=O) groups excluding carboxylic acids is 2. The highest BCUT2D eigenvalue weighted by molar-refractivity contribution is 6.05. The van der Waals surface area contributed by atoms with E-state index in [-0.39, 0.29) is 35.2 Å². The fourth-order valence-corrected chi connectivity index (χ4v) is 5.90. The van der Waals surface area contributed by atoms with Crippen LogP contribution in [0, 0.1) is 6.92 Å². The molecule has 4 aromatic rings. The molecule has 1 saturated heterocycles. The van der Waals surface area contributed by atoms with Crippen LogP contribution in [-0.4, -0.2) is 94.8 Å². The van der Waals surface area contributed by atoms with Crippen molar-refractivity contribution in [2.45, 2.75) is 33.1 Å². The molecule has 0 aliphatic carbocycles. The number of ether oxygens (including phenoxy) is 1. The Morgan fingerprint density at radius 1 is 0.904 bits per heavy atom. The molecular weight excluding hydrogens is 662 g/mol. The van der Waals surface area contributed by atoms with E-state index in [1.165, 1.54) is 4.57 Å². The lowest BCUT2D eigenvalue weighted by Gasteiger charge is -2.34. The molecule has 5 rings (SSSR count). The summed E-state index contributed by atoms with van der Waals surface area (Å²) in [7, 11) is 1.66. The van der Waals surface area contributed by atoms with Gasteiger partial charge in [-0.25, -0.2) is 9.78 Å². The van der Waals surface area contributed by atoms with Gasteiger partial charge < -0.3 is 35.3 Å². The minimum atomic E-state index is -1.07. The third kappa shape index (κ3) is 9.62. The standard InChI is InChI=1S/C39H47N7O6/c1-26-31(7-6-8-32(26)43-35(47)27-9-13-29(14-10-27)39(2,3)4)33-25-44(5)37(49)34(42-33)41-30-15-11-28(12-16-30)36(48)46-20-18-45(19-21-46)22-24-52-23-17-40-38(50)51/h6-16,25,40H,17-24H2,1-5H3,(H,41,42)(H,43,47)(H,50,51). The molecule has 0 atom stereocenters. The van der Waals surface area contributed by atoms with Crippen LogP contribution >= 0.6 is 0 Å². The molecule has 0 bridgehead atoms. The average molecular weight is 710 g/mol. The molecule has 52 heavy (non-hydrogen) atoms. The van der Waals surface area contributed by atoms with Crippen LogP contribution in [0.25, 0.3) is 11.3 Å². The lowest BCUT2D eigenvalue weighted by molar-refractivity contribution is 0.0553. The van der Waals surface area contributed by atoms with E-state index in [4.69, 9.17) is 9.84 Å². The number of aromatic nitrogens is 2. The summed E-state index contributed by atoms with van der Waals surface area (Å²) < 4.78 is 6.95. The molecule has 13 heteroatoms. The summed E-state index contributed by atoms with van der Waals surface area (Å²) in [5, 5.41) is 17.0. The van der Waals surface area contributed by atoms with Gasteiger partial charge in [-0.3, -0.25) is 19.3 Å². The Morgan fingerprint density at radius 3 is 2.23 bits per heavy atom. The molecular formula is C39H47N7O6. The number of nitrogens with zero attached hydrogens (tertiary/aromatic N) is 4. The molecule has 0 radical (unpaired) electrons. The van der Waals surface area contributed by atoms with Crippen molar-refractivity contribution < 1.29 is 24.2 Å². The van der Waals surface area contributed by atoms with Crippen LogP contribution in [0.1, 0.15) is 52.6 Å². The normalized spacial score (nSPS) is 13.4. The monoisotopic (exact) mass is 709 g/mol. The number of aryl methyl sites for hydroxylation is 1. The average Bonchev–Trinajstić information content (AvgIpc) is 3.12. The van der Waals surface area contributed by atoms with Crippen LogP contribution in [0.15, 0.2) is 77.7 Å². The largest absolute Gasteiger partial charge is 0.465 e. The van der Waals surface area contributed by atoms with Crippen molar-refractivity contribution in [3.05, 3.63) is 106 Å². The summed E-state index contributed by atoms with van der Waals surface area (Å²) >= 11 is 0. The van der Waals surface area contributed by atoms with Crippen molar-refractivity contribution in [1.82, 2.24) is 24.7 Å². The van der Waals surface area contributed by atoms with E-state index in [1.807, 2.05) is 54.3 Å². The second-order valence-electron chi connectivity index (χ2n) is 13.8. The third-order valence-electron chi connectivity index (χ3n) is 9.07. The van der Waals surface area contributed by atoms with E-state index in [2.05, 4.69) is 46.6 Å². The first-order valence-corrected chi connectivity index (χ1v) is 17.3. The Balaban J connectivity index is 1.20. The van der Waals surface area contributed by atoms with Gasteiger partial charge in [0.05, 0.1) is 18.9 Å². The molecule has 3 aromatic carbocycles. The van der Waals surface area contributed by atoms with Crippen LogP contribution in [0.5, 0.6) is 0 Å². The Morgan fingerprint density at radius 2 is 1.58 bits per heavy atom. The summed E-state index contributed by atoms with van der Waals surface area (Å²) in [6.45, 7) is 12.7. The molecule has 1 aliphatic rings. The van der Waals surface area contributed by atoms with Gasteiger partial charge in [-0.05, 0) is 65.9 Å². The van der Waals surface area contributed by atoms with Crippen LogP contribution in [0.2, 0.25) is 0 Å². The van der Waals surface area contributed by atoms with Gasteiger partial charge in [0.15, 0.2) is 5.82 Å². The van der Waals surface area contributed by atoms with Gasteiger partial charge in [-0.2, -0.15) is 0 Å². The van der Waals surface area contributed by atoms with Crippen molar-refractivity contribution in [3.8, 4) is 11.3 Å². The van der Waals surface area contributed by atoms with Crippen LogP contribution in [-0.2, 0) is 17.2 Å². The van der Waals surface area contributed by atoms with E-state index in [9.17, 15) is 19.2 Å². The van der Waals surface area contributed by atoms with Gasteiger partial charge in [0.1, 0.15) is 0 Å². The molecule has 4 N–H and O–H groups in total. The molecule has 0 saturated carbocycles. The summed E-state index contributed by atoms with van der Waals surface area (Å²) in [5.41, 5.74) is 5.30. The highest BCUT2D eigenvalue weighted by Gasteiger charge is 2.22. The van der Waals surface area contributed by atoms with Gasteiger partial charge in [-0.15, -0.1) is 0 Å². The number of nitrogens with one attached hydrogen (secondary N) is 3. The third-order valence-corrected chi connectivity index (χ3v) is 9.07. The van der Waals surface area contributed by atoms with Crippen LogP contribution in [0.4, 0.5) is 22.0 Å². The van der Waals surface area contributed by atoms with E-state index in [0.717, 1.165) is 16.7 Å². The van der Waals surface area contributed by atoms with Gasteiger partial charge in [-0.1, -0.05) is 45.0 Å². The lowest BCUT2D eigenvalue weighted by atomic mass is 9.86. The maximum Gasteiger partial charge on any atom is 0.404 e. The number of amides is 3. The minimum absolute atomic E-state index is 0.0129. The molecule has 13 nitrogen and oxygen atoms in total. The molecule has 1 aromatic heterocycles. The number of benzene rings is 3. The Labute approximate surface area is 303 Å². The van der Waals surface area contributed by atoms with Gasteiger partial charge >= 0.3 is 6.09 Å². The van der Waals surface area contributed by atoms with E-state index >= 15 is 0 Å². The molecule has 1 aliphatic heterocycles. The zero-order valence-corrected chi connectivity index (χ0v) is 30.4. The number of hydrogen-bond acceptors (Lipinski definition) is 8. The van der Waals surface area contributed by atoms with Crippen molar-refractivity contribution in [1.29, 1.82) is 0 Å². The smallest absolute Gasteiger partial charge is 0.404 e. The zero-order chi connectivity index (χ0) is 37.4. The number of piperazine rings is 1. The number of anilines is 3. The molecule has 274 valence electrons. The first-order chi connectivity index (χ1) is 24.8. The molecule has 2 heterocycles. The quantitative estimate of drug-likeness (QED) is 0.147. The van der Waals surface area contributed by atoms with E-state index < -0.39 is 6.09 Å². The molecule has 3 amide bonds. The number of hydrogen-bond donors (Lipinski definition) is 4. The predicted octanol–water partition coefficient (Wildman–Crippen LogP) is 5.09. The Kier molecular flexibility index (Phi) is 12.1. The maximum absolute atomic E-state index is 13.2. The summed E-state index contributed by atoms with van der Waals surface area (Å²) in [4.78, 5) is 58.7. The van der Waals surface area contributed by atoms with Crippen LogP contribution in [0.3, 0.4) is 0 Å². The molecule has 0 unspecified atom stereocenters. The van der Waals surface area contributed by atoms with Crippen molar-refractivity contribution in [2.75, 3.05) is 63.1 Å². The SMILES string of the molecule is Cc1c(NC(=O)c2ccc(C(C)(C)C)cc2)cccc1-c1cn(C)c(=O)c(Nc2ccc(C(=O)N3CCN(CCOCCNC(=O)O)CC3)cc2)n1. The topological polar surface area (TPSA) is 158 Å². The lowest BCUT2D eigenvalue weighted by Crippen LogP contribution is -2.49. The summed E-state index contributed by atoms with van der Waals surface area (Å²) in [6, 6.07) is 20.2.